The number of benzene rings is 1. The Hall–Kier alpha value is -2.08. The highest BCUT2D eigenvalue weighted by Gasteiger charge is 2.27. The van der Waals surface area contributed by atoms with Gasteiger partial charge in [0.15, 0.2) is 0 Å². The van der Waals surface area contributed by atoms with Gasteiger partial charge in [-0.25, -0.2) is 0 Å². The molecule has 1 aliphatic rings. The molecular formula is C16H23N3O3. The number of carbonyl (C=O) groups is 2. The molecule has 0 saturated heterocycles. The molecule has 1 saturated carbocycles. The van der Waals surface area contributed by atoms with Crippen LogP contribution in [0.25, 0.3) is 0 Å². The second-order valence-corrected chi connectivity index (χ2v) is 5.65. The number of anilines is 1. The van der Waals surface area contributed by atoms with Gasteiger partial charge in [0, 0.05) is 17.8 Å². The third-order valence-corrected chi connectivity index (χ3v) is 3.71. The Balaban J connectivity index is 1.83. The molecular weight excluding hydrogens is 282 g/mol. The molecule has 1 atom stereocenters. The van der Waals surface area contributed by atoms with Crippen LogP contribution in [0.2, 0.25) is 0 Å². The zero-order chi connectivity index (χ0) is 16.1. The average Bonchev–Trinajstić information content (AvgIpc) is 3.30. The average molecular weight is 305 g/mol. The van der Waals surface area contributed by atoms with Crippen molar-refractivity contribution in [2.45, 2.75) is 31.8 Å². The Kier molecular flexibility index (Phi) is 5.38. The number of amides is 2. The van der Waals surface area contributed by atoms with E-state index in [0.29, 0.717) is 17.5 Å². The quantitative estimate of drug-likeness (QED) is 0.795. The molecule has 0 aliphatic heterocycles. The van der Waals surface area contributed by atoms with Crippen LogP contribution in [-0.2, 0) is 9.59 Å². The molecule has 1 fully saturated rings. The topological polar surface area (TPSA) is 70.7 Å². The molecule has 6 nitrogen and oxygen atoms in total. The summed E-state index contributed by atoms with van der Waals surface area (Å²) in [5.41, 5.74) is 0.674. The molecule has 0 radical (unpaired) electrons. The van der Waals surface area contributed by atoms with Crippen LogP contribution in [0.4, 0.5) is 5.69 Å². The lowest BCUT2D eigenvalue weighted by Gasteiger charge is -2.23. The number of rotatable bonds is 7. The Labute approximate surface area is 130 Å². The van der Waals surface area contributed by atoms with E-state index in [-0.39, 0.29) is 24.4 Å². The van der Waals surface area contributed by atoms with Crippen molar-refractivity contribution in [2.24, 2.45) is 0 Å². The molecule has 2 rings (SSSR count). The van der Waals surface area contributed by atoms with Crippen LogP contribution in [0.1, 0.15) is 19.8 Å². The normalized spacial score (nSPS) is 15.3. The van der Waals surface area contributed by atoms with Crippen molar-refractivity contribution in [3.05, 3.63) is 24.3 Å². The maximum absolute atomic E-state index is 12.1. The van der Waals surface area contributed by atoms with Crippen molar-refractivity contribution in [1.29, 1.82) is 0 Å². The Morgan fingerprint density at radius 1 is 1.41 bits per heavy atom. The summed E-state index contributed by atoms with van der Waals surface area (Å²) in [5, 5.41) is 5.75. The van der Waals surface area contributed by atoms with Crippen molar-refractivity contribution in [3.63, 3.8) is 0 Å². The monoisotopic (exact) mass is 305 g/mol. The van der Waals surface area contributed by atoms with Gasteiger partial charge in [0.05, 0.1) is 19.7 Å². The van der Waals surface area contributed by atoms with E-state index in [1.807, 2.05) is 12.1 Å². The van der Waals surface area contributed by atoms with E-state index in [9.17, 15) is 9.59 Å². The summed E-state index contributed by atoms with van der Waals surface area (Å²) in [5.74, 6) is 0.490. The van der Waals surface area contributed by atoms with Crippen LogP contribution < -0.4 is 15.4 Å². The van der Waals surface area contributed by atoms with Gasteiger partial charge in [-0.15, -0.1) is 0 Å². The molecule has 0 aromatic heterocycles. The fourth-order valence-corrected chi connectivity index (χ4v) is 2.01. The zero-order valence-corrected chi connectivity index (χ0v) is 13.3. The molecule has 0 spiro atoms. The molecule has 2 N–H and O–H groups in total. The number of ether oxygens (including phenoxy) is 1. The summed E-state index contributed by atoms with van der Waals surface area (Å²) in [6, 6.07) is 7.16. The van der Waals surface area contributed by atoms with Gasteiger partial charge in [-0.2, -0.15) is 0 Å². The fourth-order valence-electron chi connectivity index (χ4n) is 2.01. The summed E-state index contributed by atoms with van der Waals surface area (Å²) < 4.78 is 5.12. The first-order valence-corrected chi connectivity index (χ1v) is 7.44. The first kappa shape index (κ1) is 16.3. The van der Waals surface area contributed by atoms with Gasteiger partial charge in [-0.05, 0) is 38.9 Å². The minimum Gasteiger partial charge on any atom is -0.497 e. The predicted octanol–water partition coefficient (Wildman–Crippen LogP) is 1.23. The SMILES string of the molecule is COc1cccc(NC(=O)CN(C)C(C)C(=O)NC2CC2)c1. The standard InChI is InChI=1S/C16H23N3O3/c1-11(16(21)18-12-7-8-12)19(2)10-15(20)17-13-5-4-6-14(9-13)22-3/h4-6,9,11-12H,7-8,10H2,1-3H3,(H,17,20)(H,18,21). The first-order chi connectivity index (χ1) is 10.5. The third-order valence-electron chi connectivity index (χ3n) is 3.71. The van der Waals surface area contributed by atoms with Gasteiger partial charge < -0.3 is 15.4 Å². The van der Waals surface area contributed by atoms with Crippen LogP contribution >= 0.6 is 0 Å². The maximum Gasteiger partial charge on any atom is 0.238 e. The lowest BCUT2D eigenvalue weighted by molar-refractivity contribution is -0.126. The van der Waals surface area contributed by atoms with Crippen molar-refractivity contribution < 1.29 is 14.3 Å². The lowest BCUT2D eigenvalue weighted by atomic mass is 10.2. The Bertz CT molecular complexity index is 543. The van der Waals surface area contributed by atoms with E-state index in [1.54, 1.807) is 38.1 Å². The van der Waals surface area contributed by atoms with Crippen LogP contribution in [0.5, 0.6) is 5.75 Å². The van der Waals surface area contributed by atoms with Gasteiger partial charge in [0.1, 0.15) is 5.75 Å². The van der Waals surface area contributed by atoms with Crippen molar-refractivity contribution in [1.82, 2.24) is 10.2 Å². The summed E-state index contributed by atoms with van der Waals surface area (Å²) in [4.78, 5) is 25.7. The van der Waals surface area contributed by atoms with Crippen molar-refractivity contribution in [3.8, 4) is 5.75 Å². The van der Waals surface area contributed by atoms with Gasteiger partial charge >= 0.3 is 0 Å². The molecule has 0 heterocycles. The minimum atomic E-state index is -0.336. The molecule has 0 bridgehead atoms. The van der Waals surface area contributed by atoms with Gasteiger partial charge in [0.2, 0.25) is 11.8 Å². The zero-order valence-electron chi connectivity index (χ0n) is 13.3. The van der Waals surface area contributed by atoms with Crippen molar-refractivity contribution in [2.75, 3.05) is 26.0 Å². The summed E-state index contributed by atoms with van der Waals surface area (Å²) in [6.45, 7) is 1.95. The molecule has 1 aromatic carbocycles. The summed E-state index contributed by atoms with van der Waals surface area (Å²) in [7, 11) is 3.34. The van der Waals surface area contributed by atoms with E-state index < -0.39 is 0 Å². The second kappa shape index (κ2) is 7.26. The second-order valence-electron chi connectivity index (χ2n) is 5.65. The molecule has 1 aliphatic carbocycles. The van der Waals surface area contributed by atoms with Gasteiger partial charge in [-0.1, -0.05) is 6.07 Å². The third kappa shape index (κ3) is 4.73. The van der Waals surface area contributed by atoms with E-state index in [2.05, 4.69) is 10.6 Å². The molecule has 2 amide bonds. The highest BCUT2D eigenvalue weighted by atomic mass is 16.5. The summed E-state index contributed by atoms with van der Waals surface area (Å²) >= 11 is 0. The van der Waals surface area contributed by atoms with Crippen molar-refractivity contribution >= 4 is 17.5 Å². The fraction of sp³-hybridized carbons (Fsp3) is 0.500. The highest BCUT2D eigenvalue weighted by molar-refractivity contribution is 5.93. The predicted molar refractivity (Wildman–Crippen MR) is 84.9 cm³/mol. The van der Waals surface area contributed by atoms with Gasteiger partial charge in [0.25, 0.3) is 0 Å². The van der Waals surface area contributed by atoms with E-state index in [4.69, 9.17) is 4.74 Å². The number of hydrogen-bond acceptors (Lipinski definition) is 4. The molecule has 22 heavy (non-hydrogen) atoms. The van der Waals surface area contributed by atoms with Crippen LogP contribution in [0.15, 0.2) is 24.3 Å². The van der Waals surface area contributed by atoms with Crippen LogP contribution in [0.3, 0.4) is 0 Å². The van der Waals surface area contributed by atoms with E-state index in [0.717, 1.165) is 12.8 Å². The maximum atomic E-state index is 12.1. The minimum absolute atomic E-state index is 0.0285. The molecule has 1 aromatic rings. The molecule has 120 valence electrons. The largest absolute Gasteiger partial charge is 0.497 e. The van der Waals surface area contributed by atoms with Crippen LogP contribution in [0, 0.1) is 0 Å². The number of methoxy groups -OCH3 is 1. The lowest BCUT2D eigenvalue weighted by Crippen LogP contribution is -2.46. The number of nitrogens with zero attached hydrogens (tertiary/aromatic N) is 1. The molecule has 1 unspecified atom stereocenters. The summed E-state index contributed by atoms with van der Waals surface area (Å²) in [6.07, 6.45) is 2.11. The van der Waals surface area contributed by atoms with Crippen LogP contribution in [-0.4, -0.2) is 49.5 Å². The highest BCUT2D eigenvalue weighted by Crippen LogP contribution is 2.19. The first-order valence-electron chi connectivity index (χ1n) is 7.44. The Morgan fingerprint density at radius 2 is 2.14 bits per heavy atom. The van der Waals surface area contributed by atoms with E-state index in [1.165, 1.54) is 0 Å². The molecule has 6 heteroatoms. The number of likely N-dealkylation sites (N-methyl/N-ethyl adjacent to an activating group) is 1. The number of carbonyl (C=O) groups excluding carboxylic acids is 2. The number of hydrogen-bond donors (Lipinski definition) is 2. The van der Waals surface area contributed by atoms with Gasteiger partial charge in [-0.3, -0.25) is 14.5 Å². The smallest absolute Gasteiger partial charge is 0.238 e. The Morgan fingerprint density at radius 3 is 2.77 bits per heavy atom. The van der Waals surface area contributed by atoms with E-state index >= 15 is 0 Å². The number of nitrogens with one attached hydrogen (secondary N) is 2.